The fourth-order valence-electron chi connectivity index (χ4n) is 0.661. The van der Waals surface area contributed by atoms with Gasteiger partial charge in [0.15, 0.2) is 0 Å². The van der Waals surface area contributed by atoms with Crippen LogP contribution in [-0.2, 0) is 0 Å². The molecule has 0 N–H and O–H groups in total. The van der Waals surface area contributed by atoms with Gasteiger partial charge >= 0.3 is 0 Å². The highest BCUT2D eigenvalue weighted by molar-refractivity contribution is 7.80. The van der Waals surface area contributed by atoms with Crippen LogP contribution < -0.4 is 0 Å². The molecule has 0 atom stereocenters. The molecule has 0 radical (unpaired) electrons. The number of thiol groups is 1. The Balaban J connectivity index is 2.96. The molecule has 0 aliphatic heterocycles. The number of hydrogen-bond donors (Lipinski definition) is 1. The third kappa shape index (κ3) is 1.70. The molecule has 0 heterocycles. The fourth-order valence-corrected chi connectivity index (χ4v) is 0.896. The minimum absolute atomic E-state index is 0.0208. The van der Waals surface area contributed by atoms with Gasteiger partial charge in [0, 0.05) is 10.5 Å². The molecular weight excluding hydrogens is 154 g/mol. The monoisotopic (exact) mass is 160 g/mol. The summed E-state index contributed by atoms with van der Waals surface area (Å²) in [7, 11) is 0. The Bertz CT molecular complexity index is 223. The fraction of sp³-hybridized carbons (Fsp3) is 0.143. The van der Waals surface area contributed by atoms with Crippen LogP contribution in [0.1, 0.15) is 12.0 Å². The molecule has 0 bridgehead atoms. The van der Waals surface area contributed by atoms with Crippen LogP contribution in [0.15, 0.2) is 29.2 Å². The van der Waals surface area contributed by atoms with Crippen molar-refractivity contribution in [2.75, 3.05) is 0 Å². The van der Waals surface area contributed by atoms with Crippen molar-refractivity contribution >= 4 is 12.6 Å². The Labute approximate surface area is 63.3 Å². The molecule has 1 rings (SSSR count). The van der Waals surface area contributed by atoms with E-state index in [1.54, 1.807) is 12.1 Å². The molecule has 0 saturated carbocycles. The summed E-state index contributed by atoms with van der Waals surface area (Å²) in [6, 6.07) is 5.96. The molecule has 0 fully saturated rings. The lowest BCUT2D eigenvalue weighted by Gasteiger charge is -1.97. The largest absolute Gasteiger partial charge is 0.263 e. The number of halogens is 2. The molecule has 0 aromatic heterocycles. The standard InChI is InChI=1S/C7H6F2S/c8-7(9)5-2-1-3-6(10)4-5/h1-4,7,10H. The Kier molecular flexibility index (Phi) is 2.27. The maximum Gasteiger partial charge on any atom is 0.263 e. The summed E-state index contributed by atoms with van der Waals surface area (Å²) in [5, 5.41) is 0. The lowest BCUT2D eigenvalue weighted by molar-refractivity contribution is 0.151. The summed E-state index contributed by atoms with van der Waals surface area (Å²) in [5.74, 6) is 0. The summed E-state index contributed by atoms with van der Waals surface area (Å²) in [6.45, 7) is 0. The van der Waals surface area contributed by atoms with Crippen LogP contribution in [0.4, 0.5) is 8.78 Å². The van der Waals surface area contributed by atoms with Crippen molar-refractivity contribution in [2.24, 2.45) is 0 Å². The van der Waals surface area contributed by atoms with Crippen LogP contribution in [-0.4, -0.2) is 0 Å². The SMILES string of the molecule is FC(F)c1cccc(S)c1. The lowest BCUT2D eigenvalue weighted by Crippen LogP contribution is -1.81. The lowest BCUT2D eigenvalue weighted by atomic mass is 10.2. The highest BCUT2D eigenvalue weighted by Gasteiger charge is 2.04. The maximum absolute atomic E-state index is 11.9. The van der Waals surface area contributed by atoms with Gasteiger partial charge in [-0.2, -0.15) is 0 Å². The first-order valence-corrected chi connectivity index (χ1v) is 3.22. The zero-order valence-corrected chi connectivity index (χ0v) is 5.98. The van der Waals surface area contributed by atoms with Crippen LogP contribution in [0, 0.1) is 0 Å². The van der Waals surface area contributed by atoms with Crippen molar-refractivity contribution in [2.45, 2.75) is 11.3 Å². The van der Waals surface area contributed by atoms with Gasteiger partial charge in [-0.05, 0) is 12.1 Å². The minimum atomic E-state index is -2.40. The van der Waals surface area contributed by atoms with Crippen molar-refractivity contribution in [3.05, 3.63) is 29.8 Å². The quantitative estimate of drug-likeness (QED) is 0.600. The first-order valence-electron chi connectivity index (χ1n) is 2.77. The van der Waals surface area contributed by atoms with Crippen LogP contribution >= 0.6 is 12.6 Å². The summed E-state index contributed by atoms with van der Waals surface area (Å²) in [6.07, 6.45) is -2.40. The molecule has 0 spiro atoms. The minimum Gasteiger partial charge on any atom is -0.205 e. The van der Waals surface area contributed by atoms with Gasteiger partial charge < -0.3 is 0 Å². The zero-order valence-electron chi connectivity index (χ0n) is 5.09. The average Bonchev–Trinajstić information content (AvgIpc) is 1.88. The van der Waals surface area contributed by atoms with Crippen LogP contribution in [0.5, 0.6) is 0 Å². The molecule has 0 amide bonds. The molecule has 1 aromatic carbocycles. The maximum atomic E-state index is 11.9. The summed E-state index contributed by atoms with van der Waals surface area (Å²) >= 11 is 3.92. The van der Waals surface area contributed by atoms with Crippen molar-refractivity contribution in [3.8, 4) is 0 Å². The van der Waals surface area contributed by atoms with E-state index in [0.29, 0.717) is 4.90 Å². The van der Waals surface area contributed by atoms with Crippen molar-refractivity contribution < 1.29 is 8.78 Å². The second-order valence-corrected chi connectivity index (χ2v) is 2.41. The van der Waals surface area contributed by atoms with E-state index in [4.69, 9.17) is 0 Å². The molecule has 0 nitrogen and oxygen atoms in total. The Morgan fingerprint density at radius 2 is 2.00 bits per heavy atom. The third-order valence-electron chi connectivity index (χ3n) is 1.12. The zero-order chi connectivity index (χ0) is 7.56. The van der Waals surface area contributed by atoms with E-state index in [1.807, 2.05) is 0 Å². The predicted molar refractivity (Wildman–Crippen MR) is 38.7 cm³/mol. The second kappa shape index (κ2) is 3.01. The summed E-state index contributed by atoms with van der Waals surface area (Å²) in [5.41, 5.74) is 0.0208. The molecular formula is C7H6F2S. The van der Waals surface area contributed by atoms with E-state index < -0.39 is 6.43 Å². The number of alkyl halides is 2. The van der Waals surface area contributed by atoms with Gasteiger partial charge in [0.25, 0.3) is 6.43 Å². The first kappa shape index (κ1) is 7.54. The molecule has 0 aliphatic carbocycles. The van der Waals surface area contributed by atoms with E-state index in [-0.39, 0.29) is 5.56 Å². The van der Waals surface area contributed by atoms with Crippen LogP contribution in [0.25, 0.3) is 0 Å². The van der Waals surface area contributed by atoms with Gasteiger partial charge in [-0.15, -0.1) is 12.6 Å². The molecule has 10 heavy (non-hydrogen) atoms. The highest BCUT2D eigenvalue weighted by Crippen LogP contribution is 2.20. The average molecular weight is 160 g/mol. The summed E-state index contributed by atoms with van der Waals surface area (Å²) < 4.78 is 23.8. The van der Waals surface area contributed by atoms with Crippen LogP contribution in [0.2, 0.25) is 0 Å². The van der Waals surface area contributed by atoms with E-state index in [2.05, 4.69) is 12.6 Å². The van der Waals surface area contributed by atoms with Crippen molar-refractivity contribution in [3.63, 3.8) is 0 Å². The molecule has 54 valence electrons. The van der Waals surface area contributed by atoms with Crippen molar-refractivity contribution in [1.82, 2.24) is 0 Å². The molecule has 0 unspecified atom stereocenters. The van der Waals surface area contributed by atoms with Gasteiger partial charge in [-0.25, -0.2) is 8.78 Å². The highest BCUT2D eigenvalue weighted by atomic mass is 32.1. The van der Waals surface area contributed by atoms with Gasteiger partial charge in [0.05, 0.1) is 0 Å². The van der Waals surface area contributed by atoms with Crippen LogP contribution in [0.3, 0.4) is 0 Å². The second-order valence-electron chi connectivity index (χ2n) is 1.90. The first-order chi connectivity index (χ1) is 4.70. The van der Waals surface area contributed by atoms with Gasteiger partial charge in [0.2, 0.25) is 0 Å². The summed E-state index contributed by atoms with van der Waals surface area (Å²) in [4.78, 5) is 0.567. The van der Waals surface area contributed by atoms with E-state index in [0.717, 1.165) is 0 Å². The topological polar surface area (TPSA) is 0 Å². The molecule has 0 saturated heterocycles. The molecule has 1 aromatic rings. The Morgan fingerprint density at radius 3 is 2.40 bits per heavy atom. The Morgan fingerprint density at radius 1 is 1.30 bits per heavy atom. The number of benzene rings is 1. The number of rotatable bonds is 1. The van der Waals surface area contributed by atoms with Gasteiger partial charge in [-0.1, -0.05) is 12.1 Å². The predicted octanol–water partition coefficient (Wildman–Crippen LogP) is 2.91. The molecule has 3 heteroatoms. The van der Waals surface area contributed by atoms with Crippen molar-refractivity contribution in [1.29, 1.82) is 0 Å². The van der Waals surface area contributed by atoms with E-state index in [1.165, 1.54) is 12.1 Å². The van der Waals surface area contributed by atoms with Gasteiger partial charge in [0.1, 0.15) is 0 Å². The van der Waals surface area contributed by atoms with Gasteiger partial charge in [-0.3, -0.25) is 0 Å². The Hall–Kier alpha value is -0.570. The smallest absolute Gasteiger partial charge is 0.205 e. The number of hydrogen-bond acceptors (Lipinski definition) is 1. The van der Waals surface area contributed by atoms with E-state index >= 15 is 0 Å². The van der Waals surface area contributed by atoms with E-state index in [9.17, 15) is 8.78 Å². The molecule has 0 aliphatic rings. The normalized spacial score (nSPS) is 10.4. The third-order valence-corrected chi connectivity index (χ3v) is 1.40.